The van der Waals surface area contributed by atoms with Crippen LogP contribution in [0.15, 0.2) is 66.7 Å². The minimum absolute atomic E-state index is 1.06. The van der Waals surface area contributed by atoms with Crippen LogP contribution in [0, 0.1) is 13.8 Å². The zero-order valence-electron chi connectivity index (χ0n) is 20.8. The molecule has 1 aromatic heterocycles. The highest BCUT2D eigenvalue weighted by molar-refractivity contribution is 6.89. The minimum atomic E-state index is -1.42. The third kappa shape index (κ3) is 4.37. The highest BCUT2D eigenvalue weighted by Crippen LogP contribution is 2.33. The van der Waals surface area contributed by atoms with Gasteiger partial charge in [0.15, 0.2) is 0 Å². The van der Waals surface area contributed by atoms with Crippen molar-refractivity contribution in [2.45, 2.75) is 53.1 Å². The lowest BCUT2D eigenvalue weighted by molar-refractivity contribution is 1.36. The highest BCUT2D eigenvalue weighted by atomic mass is 28.3. The Labute approximate surface area is 195 Å². The van der Waals surface area contributed by atoms with Gasteiger partial charge in [-0.05, 0) is 49.2 Å². The van der Waals surface area contributed by atoms with E-state index in [2.05, 4.69) is 120 Å². The Balaban J connectivity index is 1.99. The molecule has 0 atom stereocenters. The van der Waals surface area contributed by atoms with E-state index in [1.807, 2.05) is 0 Å². The largest absolute Gasteiger partial charge is 0.248 e. The molecule has 164 valence electrons. The number of pyridine rings is 1. The molecular formula is C29H35NSi2. The Hall–Kier alpha value is -2.50. The van der Waals surface area contributed by atoms with Crippen LogP contribution in [0.3, 0.4) is 0 Å². The zero-order chi connectivity index (χ0) is 23.3. The van der Waals surface area contributed by atoms with Crippen LogP contribution in [0.5, 0.6) is 0 Å². The van der Waals surface area contributed by atoms with E-state index in [1.54, 1.807) is 5.19 Å². The van der Waals surface area contributed by atoms with Crippen LogP contribution >= 0.6 is 0 Å². The molecule has 1 heterocycles. The second-order valence-corrected chi connectivity index (χ2v) is 21.2. The van der Waals surface area contributed by atoms with Gasteiger partial charge < -0.3 is 0 Å². The minimum Gasteiger partial charge on any atom is -0.248 e. The summed E-state index contributed by atoms with van der Waals surface area (Å²) in [6, 6.07) is 24.7. The van der Waals surface area contributed by atoms with Crippen molar-refractivity contribution < 1.29 is 0 Å². The maximum atomic E-state index is 5.16. The maximum Gasteiger partial charge on any atom is 0.0782 e. The van der Waals surface area contributed by atoms with E-state index < -0.39 is 16.1 Å². The summed E-state index contributed by atoms with van der Waals surface area (Å²) in [6.07, 6.45) is 0. The predicted molar refractivity (Wildman–Crippen MR) is 148 cm³/mol. The van der Waals surface area contributed by atoms with Gasteiger partial charge in [-0.2, -0.15) is 0 Å². The molecule has 0 fully saturated rings. The van der Waals surface area contributed by atoms with Crippen LogP contribution in [-0.2, 0) is 0 Å². The van der Waals surface area contributed by atoms with Gasteiger partial charge >= 0.3 is 0 Å². The third-order valence-corrected chi connectivity index (χ3v) is 10.7. The lowest BCUT2D eigenvalue weighted by Gasteiger charge is -2.23. The number of aromatic nitrogens is 1. The standard InChI is InChI=1S/C29H35NSi2/c1-20-16-23(17-21(2)29(20)32(6,7)8)28-19-25(22-12-10-9-11-13-22)26-18-24(31(3,4)5)14-15-27(26)30-28/h9-19H,1-8H3. The normalized spacial score (nSPS) is 12.4. The molecule has 0 saturated heterocycles. The Kier molecular flexibility index (Phi) is 5.76. The Morgan fingerprint density at radius 3 is 1.81 bits per heavy atom. The summed E-state index contributed by atoms with van der Waals surface area (Å²) in [6.45, 7) is 19.0. The van der Waals surface area contributed by atoms with Gasteiger partial charge in [0.05, 0.1) is 27.4 Å². The summed E-state index contributed by atoms with van der Waals surface area (Å²) in [4.78, 5) is 5.16. The third-order valence-electron chi connectivity index (χ3n) is 6.34. The average Bonchev–Trinajstić information content (AvgIpc) is 2.71. The molecule has 4 aromatic rings. The molecule has 0 radical (unpaired) electrons. The second-order valence-electron chi connectivity index (χ2n) is 11.1. The molecule has 0 aliphatic carbocycles. The Morgan fingerprint density at radius 1 is 0.625 bits per heavy atom. The second kappa shape index (κ2) is 8.13. The first-order chi connectivity index (χ1) is 14.9. The highest BCUT2D eigenvalue weighted by Gasteiger charge is 2.22. The van der Waals surface area contributed by atoms with Crippen molar-refractivity contribution in [3.05, 3.63) is 77.9 Å². The molecule has 0 amide bonds. The van der Waals surface area contributed by atoms with Crippen LogP contribution in [0.1, 0.15) is 11.1 Å². The molecule has 0 N–H and O–H groups in total. The molecule has 0 aliphatic rings. The summed E-state index contributed by atoms with van der Waals surface area (Å²) in [5, 5.41) is 4.31. The number of aryl methyl sites for hydroxylation is 2. The molecule has 3 heteroatoms. The van der Waals surface area contributed by atoms with Crippen molar-refractivity contribution in [1.29, 1.82) is 0 Å². The van der Waals surface area contributed by atoms with Gasteiger partial charge in [0.2, 0.25) is 0 Å². The summed E-state index contributed by atoms with van der Waals surface area (Å²) < 4.78 is 0. The van der Waals surface area contributed by atoms with Crippen molar-refractivity contribution >= 4 is 37.4 Å². The van der Waals surface area contributed by atoms with Crippen molar-refractivity contribution in [2.75, 3.05) is 0 Å². The summed E-state index contributed by atoms with van der Waals surface area (Å²) in [7, 11) is -2.81. The van der Waals surface area contributed by atoms with E-state index in [4.69, 9.17) is 4.98 Å². The smallest absolute Gasteiger partial charge is 0.0782 e. The van der Waals surface area contributed by atoms with Gasteiger partial charge in [-0.15, -0.1) is 0 Å². The summed E-state index contributed by atoms with van der Waals surface area (Å²) in [5.74, 6) is 0. The molecule has 1 nitrogen and oxygen atoms in total. The van der Waals surface area contributed by atoms with Crippen LogP contribution in [0.25, 0.3) is 33.3 Å². The molecule has 4 rings (SSSR count). The first-order valence-electron chi connectivity index (χ1n) is 11.6. The van der Waals surface area contributed by atoms with Crippen molar-refractivity contribution in [1.82, 2.24) is 4.98 Å². The lowest BCUT2D eigenvalue weighted by atomic mass is 9.97. The number of hydrogen-bond acceptors (Lipinski definition) is 1. The fraction of sp³-hybridized carbons (Fsp3) is 0.276. The monoisotopic (exact) mass is 453 g/mol. The van der Waals surface area contributed by atoms with Crippen molar-refractivity contribution in [3.63, 3.8) is 0 Å². The fourth-order valence-corrected chi connectivity index (χ4v) is 8.66. The topological polar surface area (TPSA) is 12.9 Å². The number of nitrogens with zero attached hydrogens (tertiary/aromatic N) is 1. The molecule has 0 aliphatic heterocycles. The molecule has 3 aromatic carbocycles. The first-order valence-corrected chi connectivity index (χ1v) is 18.6. The molecule has 32 heavy (non-hydrogen) atoms. The number of fused-ring (bicyclic) bond motifs is 1. The van der Waals surface area contributed by atoms with E-state index in [0.29, 0.717) is 0 Å². The Morgan fingerprint density at radius 2 is 1.25 bits per heavy atom. The molecule has 0 bridgehead atoms. The van der Waals surface area contributed by atoms with Gasteiger partial charge in [-0.1, -0.05) is 103 Å². The SMILES string of the molecule is Cc1cc(-c2cc(-c3ccccc3)c3cc([Si](C)(C)C)ccc3n2)cc(C)c1[Si](C)(C)C. The Bertz CT molecular complexity index is 1270. The van der Waals surface area contributed by atoms with Crippen LogP contribution in [-0.4, -0.2) is 21.1 Å². The van der Waals surface area contributed by atoms with E-state index in [1.165, 1.54) is 38.4 Å². The van der Waals surface area contributed by atoms with E-state index in [9.17, 15) is 0 Å². The van der Waals surface area contributed by atoms with E-state index in [-0.39, 0.29) is 0 Å². The van der Waals surface area contributed by atoms with E-state index >= 15 is 0 Å². The van der Waals surface area contributed by atoms with E-state index in [0.717, 1.165) is 11.2 Å². The van der Waals surface area contributed by atoms with Crippen LogP contribution in [0.2, 0.25) is 39.3 Å². The quantitative estimate of drug-likeness (QED) is 0.296. The fourth-order valence-electron chi connectivity index (χ4n) is 4.99. The predicted octanol–water partition coefficient (Wildman–Crippen LogP) is 7.28. The van der Waals surface area contributed by atoms with Gasteiger partial charge in [0.25, 0.3) is 0 Å². The number of hydrogen-bond donors (Lipinski definition) is 0. The molecule has 0 saturated carbocycles. The number of rotatable bonds is 4. The zero-order valence-corrected chi connectivity index (χ0v) is 22.8. The van der Waals surface area contributed by atoms with Gasteiger partial charge in [-0.3, -0.25) is 0 Å². The number of benzene rings is 3. The van der Waals surface area contributed by atoms with Crippen molar-refractivity contribution in [2.24, 2.45) is 0 Å². The molecule has 0 spiro atoms. The first kappa shape index (κ1) is 22.7. The molecular weight excluding hydrogens is 418 g/mol. The van der Waals surface area contributed by atoms with Crippen molar-refractivity contribution in [3.8, 4) is 22.4 Å². The average molecular weight is 454 g/mol. The van der Waals surface area contributed by atoms with Gasteiger partial charge in [-0.25, -0.2) is 4.98 Å². The lowest BCUT2D eigenvalue weighted by Crippen LogP contribution is -2.41. The molecule has 0 unspecified atom stereocenters. The summed E-state index contributed by atoms with van der Waals surface area (Å²) >= 11 is 0. The van der Waals surface area contributed by atoms with Gasteiger partial charge in [0, 0.05) is 10.9 Å². The van der Waals surface area contributed by atoms with Gasteiger partial charge in [0.1, 0.15) is 0 Å². The summed E-state index contributed by atoms with van der Waals surface area (Å²) in [5.41, 5.74) is 8.68. The van der Waals surface area contributed by atoms with Crippen LogP contribution in [0.4, 0.5) is 0 Å². The maximum absolute atomic E-state index is 5.16. The van der Waals surface area contributed by atoms with Crippen LogP contribution < -0.4 is 10.4 Å².